The van der Waals surface area contributed by atoms with Crippen LogP contribution in [-0.2, 0) is 0 Å². The highest BCUT2D eigenvalue weighted by Gasteiger charge is 2.16. The van der Waals surface area contributed by atoms with Crippen molar-refractivity contribution in [3.8, 4) is 33.9 Å². The van der Waals surface area contributed by atoms with Crippen molar-refractivity contribution in [1.29, 1.82) is 0 Å². The minimum atomic E-state index is -0.280. The number of nitrogens with one attached hydrogen (secondary N) is 2. The molecule has 0 saturated carbocycles. The molecule has 0 radical (unpaired) electrons. The second kappa shape index (κ2) is 7.05. The first kappa shape index (κ1) is 18.3. The van der Waals surface area contributed by atoms with Gasteiger partial charge >= 0.3 is 0 Å². The van der Waals surface area contributed by atoms with E-state index in [1.165, 1.54) is 18.5 Å². The molecule has 2 N–H and O–H groups in total. The number of aromatic amines is 2. The lowest BCUT2D eigenvalue weighted by Crippen LogP contribution is -1.87. The van der Waals surface area contributed by atoms with E-state index >= 15 is 0 Å². The van der Waals surface area contributed by atoms with Crippen molar-refractivity contribution in [2.75, 3.05) is 0 Å². The molecule has 5 heterocycles. The number of pyridine rings is 2. The maximum atomic E-state index is 14.0. The normalized spacial score (nSPS) is 11.4. The lowest BCUT2D eigenvalue weighted by molar-refractivity contribution is 0.627. The van der Waals surface area contributed by atoms with E-state index in [2.05, 4.69) is 35.1 Å². The number of aryl methyl sites for hydroxylation is 1. The Labute approximate surface area is 181 Å². The van der Waals surface area contributed by atoms with Crippen LogP contribution in [0.15, 0.2) is 67.5 Å². The molecule has 6 aromatic rings. The number of nitrogens with zero attached hydrogens (tertiary/aromatic N) is 5. The van der Waals surface area contributed by atoms with Gasteiger partial charge < -0.3 is 4.98 Å². The fraction of sp³-hybridized carbons (Fsp3) is 0.0417. The van der Waals surface area contributed by atoms with E-state index in [-0.39, 0.29) is 5.82 Å². The van der Waals surface area contributed by atoms with Gasteiger partial charge in [0, 0.05) is 46.0 Å². The topological polar surface area (TPSA) is 96.0 Å². The zero-order valence-electron chi connectivity index (χ0n) is 17.0. The number of halogens is 1. The molecule has 5 aromatic heterocycles. The summed E-state index contributed by atoms with van der Waals surface area (Å²) in [6, 6.07) is 10.8. The van der Waals surface area contributed by atoms with Crippen LogP contribution in [0, 0.1) is 12.7 Å². The van der Waals surface area contributed by atoms with Crippen LogP contribution in [-0.4, -0.2) is 35.1 Å². The Bertz CT molecular complexity index is 1580. The first-order valence-electron chi connectivity index (χ1n) is 10.0. The molecule has 0 aliphatic rings. The van der Waals surface area contributed by atoms with Crippen LogP contribution >= 0.6 is 0 Å². The predicted molar refractivity (Wildman–Crippen MR) is 120 cm³/mol. The molecule has 0 unspecified atom stereocenters. The summed E-state index contributed by atoms with van der Waals surface area (Å²) in [4.78, 5) is 20.6. The van der Waals surface area contributed by atoms with Gasteiger partial charge in [0.2, 0.25) is 0 Å². The molecule has 32 heavy (non-hydrogen) atoms. The minimum absolute atomic E-state index is 0.280. The van der Waals surface area contributed by atoms with Crippen molar-refractivity contribution in [3.63, 3.8) is 0 Å². The molecule has 0 atom stereocenters. The summed E-state index contributed by atoms with van der Waals surface area (Å²) in [7, 11) is 0. The van der Waals surface area contributed by atoms with Crippen LogP contribution < -0.4 is 0 Å². The summed E-state index contributed by atoms with van der Waals surface area (Å²) in [6.07, 6.45) is 8.41. The maximum absolute atomic E-state index is 14.0. The van der Waals surface area contributed by atoms with Crippen molar-refractivity contribution in [1.82, 2.24) is 35.1 Å². The van der Waals surface area contributed by atoms with Gasteiger partial charge in [0.25, 0.3) is 0 Å². The van der Waals surface area contributed by atoms with E-state index in [9.17, 15) is 4.39 Å². The molecule has 0 saturated heterocycles. The number of aromatic nitrogens is 7. The summed E-state index contributed by atoms with van der Waals surface area (Å²) < 4.78 is 14.0. The average molecular weight is 421 g/mol. The van der Waals surface area contributed by atoms with Crippen LogP contribution in [0.25, 0.3) is 55.7 Å². The fourth-order valence-corrected chi connectivity index (χ4v) is 4.00. The standard InChI is InChI=1S/C24H16FN7/c1-13-4-14(6-16(25)5-13)23-17-8-21(30-19(17)2-3-28-23)24-18-7-20(15-9-26-12-27-10-15)29-11-22(18)31-32-24/h2-12,30H,1H3,(H,31,32). The SMILES string of the molecule is Cc1cc(F)cc(-c2nccc3[nH]c(-c4n[nH]c5cnc(-c6cncnc6)cc45)cc23)c1. The summed E-state index contributed by atoms with van der Waals surface area (Å²) in [5.41, 5.74) is 7.19. The van der Waals surface area contributed by atoms with Gasteiger partial charge in [-0.25, -0.2) is 14.4 Å². The Hall–Kier alpha value is -4.46. The largest absolute Gasteiger partial charge is 0.353 e. The molecule has 0 aliphatic heterocycles. The Morgan fingerprint density at radius 3 is 2.50 bits per heavy atom. The van der Waals surface area contributed by atoms with Crippen molar-refractivity contribution >= 4 is 21.8 Å². The summed E-state index contributed by atoms with van der Waals surface area (Å²) in [6.45, 7) is 1.87. The zero-order chi connectivity index (χ0) is 21.7. The number of rotatable bonds is 3. The molecule has 6 rings (SSSR count). The minimum Gasteiger partial charge on any atom is -0.353 e. The Kier molecular flexibility index (Phi) is 4.04. The van der Waals surface area contributed by atoms with E-state index in [0.29, 0.717) is 0 Å². The molecular weight excluding hydrogens is 405 g/mol. The van der Waals surface area contributed by atoms with Crippen molar-refractivity contribution < 1.29 is 4.39 Å². The van der Waals surface area contributed by atoms with E-state index in [0.717, 1.165) is 61.3 Å². The third kappa shape index (κ3) is 3.01. The third-order valence-corrected chi connectivity index (χ3v) is 5.42. The van der Waals surface area contributed by atoms with Crippen LogP contribution in [0.3, 0.4) is 0 Å². The molecule has 0 aliphatic carbocycles. The smallest absolute Gasteiger partial charge is 0.124 e. The van der Waals surface area contributed by atoms with Gasteiger partial charge in [-0.1, -0.05) is 0 Å². The monoisotopic (exact) mass is 421 g/mol. The van der Waals surface area contributed by atoms with E-state index in [1.807, 2.05) is 31.2 Å². The number of hydrogen-bond acceptors (Lipinski definition) is 5. The second-order valence-corrected chi connectivity index (χ2v) is 7.64. The van der Waals surface area contributed by atoms with Crippen LogP contribution in [0.2, 0.25) is 0 Å². The van der Waals surface area contributed by atoms with Gasteiger partial charge in [0.1, 0.15) is 17.8 Å². The molecule has 0 fully saturated rings. The summed E-state index contributed by atoms with van der Waals surface area (Å²) in [5, 5.41) is 9.38. The van der Waals surface area contributed by atoms with E-state index < -0.39 is 0 Å². The first-order chi connectivity index (χ1) is 15.7. The molecule has 8 heteroatoms. The van der Waals surface area contributed by atoms with E-state index in [1.54, 1.807) is 24.8 Å². The zero-order valence-corrected chi connectivity index (χ0v) is 17.0. The molecule has 0 amide bonds. The average Bonchev–Trinajstić information content (AvgIpc) is 3.42. The number of H-pyrrole nitrogens is 2. The lowest BCUT2D eigenvalue weighted by atomic mass is 10.0. The molecule has 7 nitrogen and oxygen atoms in total. The van der Waals surface area contributed by atoms with Crippen LogP contribution in [0.4, 0.5) is 4.39 Å². The number of hydrogen-bond donors (Lipinski definition) is 2. The van der Waals surface area contributed by atoms with Crippen LogP contribution in [0.5, 0.6) is 0 Å². The van der Waals surface area contributed by atoms with Gasteiger partial charge in [-0.15, -0.1) is 0 Å². The molecule has 0 bridgehead atoms. The number of fused-ring (bicyclic) bond motifs is 2. The van der Waals surface area contributed by atoms with Gasteiger partial charge in [0.15, 0.2) is 0 Å². The van der Waals surface area contributed by atoms with Gasteiger partial charge in [-0.3, -0.25) is 15.1 Å². The lowest BCUT2D eigenvalue weighted by Gasteiger charge is -2.04. The predicted octanol–water partition coefficient (Wildman–Crippen LogP) is 5.07. The highest BCUT2D eigenvalue weighted by molar-refractivity contribution is 6.00. The van der Waals surface area contributed by atoms with E-state index in [4.69, 9.17) is 0 Å². The summed E-state index contributed by atoms with van der Waals surface area (Å²) >= 11 is 0. The van der Waals surface area contributed by atoms with Crippen molar-refractivity contribution in [2.24, 2.45) is 0 Å². The highest BCUT2D eigenvalue weighted by Crippen LogP contribution is 2.34. The van der Waals surface area contributed by atoms with Crippen molar-refractivity contribution in [2.45, 2.75) is 6.92 Å². The van der Waals surface area contributed by atoms with Gasteiger partial charge in [-0.2, -0.15) is 5.10 Å². The first-order valence-corrected chi connectivity index (χ1v) is 10.0. The Morgan fingerprint density at radius 2 is 1.66 bits per heavy atom. The summed E-state index contributed by atoms with van der Waals surface area (Å²) in [5.74, 6) is -0.280. The third-order valence-electron chi connectivity index (χ3n) is 5.42. The molecule has 0 spiro atoms. The van der Waals surface area contributed by atoms with Gasteiger partial charge in [0.05, 0.1) is 28.8 Å². The molecular formula is C24H16FN7. The highest BCUT2D eigenvalue weighted by atomic mass is 19.1. The Balaban J connectivity index is 1.52. The molecule has 154 valence electrons. The quantitative estimate of drug-likeness (QED) is 0.416. The second-order valence-electron chi connectivity index (χ2n) is 7.64. The number of benzene rings is 1. The Morgan fingerprint density at radius 1 is 0.812 bits per heavy atom. The fourth-order valence-electron chi connectivity index (χ4n) is 4.00. The molecule has 1 aromatic carbocycles. The maximum Gasteiger partial charge on any atom is 0.124 e. The van der Waals surface area contributed by atoms with Crippen molar-refractivity contribution in [3.05, 3.63) is 78.9 Å². The van der Waals surface area contributed by atoms with Crippen LogP contribution in [0.1, 0.15) is 5.56 Å². The van der Waals surface area contributed by atoms with Gasteiger partial charge in [-0.05, 0) is 48.9 Å².